The summed E-state index contributed by atoms with van der Waals surface area (Å²) in [5, 5.41) is 19.5. The number of nitrogens with zero attached hydrogens (tertiary/aromatic N) is 2. The predicted molar refractivity (Wildman–Crippen MR) is 144 cm³/mol. The molecule has 8 heteroatoms. The van der Waals surface area contributed by atoms with Gasteiger partial charge in [0.1, 0.15) is 0 Å². The number of carbonyl (C=O) groups excluding carboxylic acids is 1. The molecule has 2 aromatic carbocycles. The molecule has 4 N–H and O–H groups in total. The predicted octanol–water partition coefficient (Wildman–Crippen LogP) is 5.90. The number of benzene rings is 2. The van der Waals surface area contributed by atoms with Crippen molar-refractivity contribution in [2.75, 3.05) is 5.32 Å². The second-order valence-corrected chi connectivity index (χ2v) is 12.5. The van der Waals surface area contributed by atoms with E-state index in [1.807, 2.05) is 0 Å². The lowest BCUT2D eigenvalue weighted by Gasteiger charge is -2.21. The van der Waals surface area contributed by atoms with Crippen LogP contribution in [0.15, 0.2) is 33.1 Å². The summed E-state index contributed by atoms with van der Waals surface area (Å²) < 4.78 is 4.75. The maximum atomic E-state index is 13.0. The topological polar surface area (TPSA) is 101 Å². The van der Waals surface area contributed by atoms with Gasteiger partial charge < -0.3 is 10.4 Å². The van der Waals surface area contributed by atoms with Crippen LogP contribution in [0.5, 0.6) is 0 Å². The minimum atomic E-state index is -1.18. The molecule has 0 bridgehead atoms. The molecule has 35 heavy (non-hydrogen) atoms. The van der Waals surface area contributed by atoms with Gasteiger partial charge in [-0.15, -0.1) is 15.7 Å². The fourth-order valence-electron chi connectivity index (χ4n) is 5.25. The summed E-state index contributed by atoms with van der Waals surface area (Å²) >= 11 is 1.29. The summed E-state index contributed by atoms with van der Waals surface area (Å²) in [4.78, 5) is 18.0. The monoisotopic (exact) mass is 508 g/mol. The molecule has 6 nitrogen and oxygen atoms in total. The van der Waals surface area contributed by atoms with Gasteiger partial charge in [0, 0.05) is 22.8 Å². The van der Waals surface area contributed by atoms with Crippen LogP contribution < -0.4 is 10.5 Å². The first kappa shape index (κ1) is 24.3. The molecular formula is C27H32N4O2S2. The molecule has 1 aromatic heterocycles. The summed E-state index contributed by atoms with van der Waals surface area (Å²) in [6.45, 7) is 7.72. The number of rotatable bonds is 4. The third kappa shape index (κ3) is 4.60. The van der Waals surface area contributed by atoms with Crippen molar-refractivity contribution in [1.29, 1.82) is 0 Å². The summed E-state index contributed by atoms with van der Waals surface area (Å²) in [5.74, 6) is 0. The highest BCUT2D eigenvalue weighted by molar-refractivity contribution is 7.87. The number of aliphatic hydroxyl groups is 1. The van der Waals surface area contributed by atoms with Gasteiger partial charge in [-0.2, -0.15) is 0 Å². The molecule has 5 rings (SSSR count). The molecule has 184 valence electrons. The van der Waals surface area contributed by atoms with Crippen molar-refractivity contribution < 1.29 is 9.90 Å². The van der Waals surface area contributed by atoms with Gasteiger partial charge in [0.25, 0.3) is 0 Å². The molecule has 2 aliphatic carbocycles. The lowest BCUT2D eigenvalue weighted by Crippen LogP contribution is -2.15. The van der Waals surface area contributed by atoms with Gasteiger partial charge in [-0.1, -0.05) is 18.2 Å². The van der Waals surface area contributed by atoms with Gasteiger partial charge in [-0.25, -0.2) is 9.78 Å². The number of nitrogens with one attached hydrogen (secondary N) is 1. The van der Waals surface area contributed by atoms with E-state index in [2.05, 4.69) is 46.7 Å². The number of urea groups is 1. The van der Waals surface area contributed by atoms with Crippen LogP contribution in [-0.2, 0) is 42.2 Å². The highest BCUT2D eigenvalue weighted by Crippen LogP contribution is 2.46. The molecule has 1 unspecified atom stereocenters. The molecule has 3 aromatic rings. The Labute approximate surface area is 213 Å². The third-order valence-electron chi connectivity index (χ3n) is 7.12. The molecule has 0 fully saturated rings. The average molecular weight is 509 g/mol. The maximum Gasteiger partial charge on any atom is 0.352 e. The Bertz CT molecular complexity index is 1330. The Kier molecular flexibility index (Phi) is 6.42. The van der Waals surface area contributed by atoms with E-state index in [1.165, 1.54) is 55.8 Å². The summed E-state index contributed by atoms with van der Waals surface area (Å²) in [7, 11) is -1.18. The van der Waals surface area contributed by atoms with Crippen LogP contribution in [0, 0.1) is 13.8 Å². The van der Waals surface area contributed by atoms with Gasteiger partial charge in [0.05, 0.1) is 10.5 Å². The maximum absolute atomic E-state index is 13.0. The van der Waals surface area contributed by atoms with E-state index in [0.717, 1.165) is 44.2 Å². The Balaban J connectivity index is 1.51. The normalized spacial score (nSPS) is 15.8. The largest absolute Gasteiger partial charge is 0.385 e. The Morgan fingerprint density at radius 3 is 2.29 bits per heavy atom. The van der Waals surface area contributed by atoms with Crippen molar-refractivity contribution in [2.24, 2.45) is 9.50 Å². The number of nitrogens with two attached hydrogens (primary N) is 1. The van der Waals surface area contributed by atoms with Gasteiger partial charge >= 0.3 is 6.03 Å². The number of amides is 2. The molecule has 0 radical (unpaired) electrons. The fraction of sp³-hybridized carbons (Fsp3) is 0.407. The highest BCUT2D eigenvalue weighted by atomic mass is 32.2. The molecule has 2 aliphatic rings. The molecule has 0 aliphatic heterocycles. The molecule has 0 spiro atoms. The quantitative estimate of drug-likeness (QED) is 0.408. The molecule has 1 atom stereocenters. The van der Waals surface area contributed by atoms with Crippen molar-refractivity contribution >= 4 is 33.9 Å². The number of aromatic nitrogens is 1. The zero-order valence-electron chi connectivity index (χ0n) is 20.7. The van der Waals surface area contributed by atoms with E-state index in [4.69, 9.17) is 5.14 Å². The van der Waals surface area contributed by atoms with Crippen LogP contribution in [0.2, 0.25) is 0 Å². The number of aryl methyl sites for hydroxylation is 2. The van der Waals surface area contributed by atoms with Crippen molar-refractivity contribution in [3.8, 4) is 11.1 Å². The first-order valence-corrected chi connectivity index (χ1v) is 14.2. The lowest BCUT2D eigenvalue weighted by molar-refractivity contribution is 0.0823. The van der Waals surface area contributed by atoms with Crippen LogP contribution in [0.3, 0.4) is 0 Å². The van der Waals surface area contributed by atoms with E-state index in [0.29, 0.717) is 9.22 Å². The molecular weight excluding hydrogens is 476 g/mol. The summed E-state index contributed by atoms with van der Waals surface area (Å²) in [5.41, 5.74) is 10.5. The van der Waals surface area contributed by atoms with Crippen molar-refractivity contribution in [3.63, 3.8) is 0 Å². The minimum absolute atomic E-state index is 0.432. The number of anilines is 1. The Morgan fingerprint density at radius 1 is 1.09 bits per heavy atom. The minimum Gasteiger partial charge on any atom is -0.385 e. The average Bonchev–Trinajstić information content (AvgIpc) is 3.55. The Hall–Kier alpha value is -2.39. The van der Waals surface area contributed by atoms with Crippen LogP contribution in [0.25, 0.3) is 11.1 Å². The van der Waals surface area contributed by atoms with Crippen LogP contribution >= 0.6 is 11.3 Å². The highest BCUT2D eigenvalue weighted by Gasteiger charge is 2.30. The SMILES string of the molecule is Cc1ccc(-c2c3c(c(NC(=O)/N=S(\N)c4ncc(C(C)(C)O)s4)c4c2CCC4)CCC3)cc1C. The van der Waals surface area contributed by atoms with E-state index in [1.54, 1.807) is 20.0 Å². The fourth-order valence-corrected chi connectivity index (χ4v) is 7.08. The molecule has 2 amide bonds. The van der Waals surface area contributed by atoms with E-state index >= 15 is 0 Å². The number of hydrogen-bond acceptors (Lipinski definition) is 4. The smallest absolute Gasteiger partial charge is 0.352 e. The zero-order valence-corrected chi connectivity index (χ0v) is 22.3. The standard InChI is InChI=1S/C27H32N4O2S2/c1-15-11-12-17(13-16(15)2)23-18-7-5-9-20(18)24(21-10-6-8-19(21)23)30-25(32)31-35(28)26-29-14-22(34-26)27(3,4)33/h11-14,33H,5-10H2,1-4H3,(H3,28,30,31,32). The molecule has 0 saturated carbocycles. The van der Waals surface area contributed by atoms with Gasteiger partial charge in [0.15, 0.2) is 4.34 Å². The van der Waals surface area contributed by atoms with Crippen molar-refractivity contribution in [1.82, 2.24) is 4.98 Å². The van der Waals surface area contributed by atoms with E-state index in [9.17, 15) is 9.90 Å². The molecule has 1 heterocycles. The second kappa shape index (κ2) is 9.24. The van der Waals surface area contributed by atoms with E-state index < -0.39 is 22.5 Å². The van der Waals surface area contributed by atoms with E-state index in [-0.39, 0.29) is 0 Å². The van der Waals surface area contributed by atoms with Crippen LogP contribution in [-0.4, -0.2) is 16.1 Å². The number of carbonyl (C=O) groups is 1. The lowest BCUT2D eigenvalue weighted by atomic mass is 9.87. The second-order valence-electron chi connectivity index (χ2n) is 10.1. The van der Waals surface area contributed by atoms with Crippen LogP contribution in [0.1, 0.15) is 64.9 Å². The van der Waals surface area contributed by atoms with Crippen molar-refractivity contribution in [2.45, 2.75) is 76.2 Å². The van der Waals surface area contributed by atoms with Crippen molar-refractivity contribution in [3.05, 3.63) is 62.7 Å². The molecule has 0 saturated heterocycles. The first-order chi connectivity index (χ1) is 16.6. The van der Waals surface area contributed by atoms with Gasteiger partial charge in [-0.05, 0) is 111 Å². The number of hydrogen-bond donors (Lipinski definition) is 3. The Morgan fingerprint density at radius 2 is 1.71 bits per heavy atom. The van der Waals surface area contributed by atoms with Gasteiger partial charge in [-0.3, -0.25) is 5.14 Å². The number of fused-ring (bicyclic) bond motifs is 2. The zero-order chi connectivity index (χ0) is 24.9. The first-order valence-electron chi connectivity index (χ1n) is 12.1. The summed E-state index contributed by atoms with van der Waals surface area (Å²) in [6.07, 6.45) is 7.78. The number of thiazole rings is 1. The summed E-state index contributed by atoms with van der Waals surface area (Å²) in [6, 6.07) is 6.34. The van der Waals surface area contributed by atoms with Crippen LogP contribution in [0.4, 0.5) is 10.5 Å². The third-order valence-corrected chi connectivity index (χ3v) is 9.81. The van der Waals surface area contributed by atoms with Gasteiger partial charge in [0.2, 0.25) is 0 Å².